The van der Waals surface area contributed by atoms with Crippen molar-refractivity contribution in [2.24, 2.45) is 0 Å². The minimum atomic E-state index is -3.84. The van der Waals surface area contributed by atoms with Crippen LogP contribution in [0.4, 0.5) is 5.69 Å². The summed E-state index contributed by atoms with van der Waals surface area (Å²) in [6.45, 7) is 2.62. The van der Waals surface area contributed by atoms with E-state index < -0.39 is 10.1 Å². The van der Waals surface area contributed by atoms with Gasteiger partial charge in [0.1, 0.15) is 0 Å². The molecule has 90 valence electrons. The molecule has 5 heteroatoms. The zero-order chi connectivity index (χ0) is 12.2. The maximum atomic E-state index is 10.5. The quantitative estimate of drug-likeness (QED) is 0.800. The normalized spacial score (nSPS) is 11.4. The largest absolute Gasteiger partial charge is 0.375 e. The van der Waals surface area contributed by atoms with Crippen molar-refractivity contribution in [2.45, 2.75) is 13.3 Å². The van der Waals surface area contributed by atoms with Gasteiger partial charge in [-0.25, -0.2) is 0 Å². The van der Waals surface area contributed by atoms with Gasteiger partial charge in [-0.2, -0.15) is 8.42 Å². The Hall–Kier alpha value is -1.07. The van der Waals surface area contributed by atoms with Gasteiger partial charge in [0.25, 0.3) is 10.1 Å². The number of anilines is 1. The fourth-order valence-electron chi connectivity index (χ4n) is 1.41. The first-order valence-corrected chi connectivity index (χ1v) is 6.72. The molecule has 1 rings (SSSR count). The summed E-state index contributed by atoms with van der Waals surface area (Å²) in [5.41, 5.74) is 2.23. The van der Waals surface area contributed by atoms with E-state index in [-0.39, 0.29) is 5.75 Å². The molecule has 16 heavy (non-hydrogen) atoms. The molecule has 0 heterocycles. The average Bonchev–Trinajstić information content (AvgIpc) is 2.16. The number of hydrogen-bond donors (Lipinski definition) is 1. The summed E-state index contributed by atoms with van der Waals surface area (Å²) in [5.74, 6) is -0.191. The molecule has 0 spiro atoms. The van der Waals surface area contributed by atoms with Crippen LogP contribution in [0.25, 0.3) is 0 Å². The Bertz CT molecular complexity index is 425. The Balaban J connectivity index is 2.47. The molecule has 0 aliphatic heterocycles. The summed E-state index contributed by atoms with van der Waals surface area (Å²) in [7, 11) is -1.94. The minimum Gasteiger partial charge on any atom is -0.375 e. The van der Waals surface area contributed by atoms with E-state index in [1.165, 1.54) is 5.56 Å². The fourth-order valence-corrected chi connectivity index (χ4v) is 1.91. The van der Waals surface area contributed by atoms with Gasteiger partial charge in [-0.05, 0) is 25.5 Å². The van der Waals surface area contributed by atoms with Gasteiger partial charge in [0.2, 0.25) is 0 Å². The van der Waals surface area contributed by atoms with Gasteiger partial charge < -0.3 is 4.90 Å². The van der Waals surface area contributed by atoms with E-state index in [2.05, 4.69) is 0 Å². The van der Waals surface area contributed by atoms with Gasteiger partial charge in [0.05, 0.1) is 5.75 Å². The first-order valence-electron chi connectivity index (χ1n) is 5.11. The SMILES string of the molecule is Cc1ccc(N(C)CCCS(=O)(=O)O)cc1. The van der Waals surface area contributed by atoms with Gasteiger partial charge in [-0.1, -0.05) is 17.7 Å². The lowest BCUT2D eigenvalue weighted by Gasteiger charge is -2.18. The summed E-state index contributed by atoms with van der Waals surface area (Å²) in [5, 5.41) is 0. The van der Waals surface area contributed by atoms with Crippen LogP contribution in [0.1, 0.15) is 12.0 Å². The molecule has 0 aromatic heterocycles. The molecule has 0 saturated carbocycles. The van der Waals surface area contributed by atoms with Crippen molar-refractivity contribution in [3.8, 4) is 0 Å². The van der Waals surface area contributed by atoms with Crippen LogP contribution in [0.5, 0.6) is 0 Å². The zero-order valence-electron chi connectivity index (χ0n) is 9.55. The number of rotatable bonds is 5. The van der Waals surface area contributed by atoms with E-state index in [1.54, 1.807) is 0 Å². The highest BCUT2D eigenvalue weighted by atomic mass is 32.2. The smallest absolute Gasteiger partial charge is 0.264 e. The summed E-state index contributed by atoms with van der Waals surface area (Å²) in [4.78, 5) is 1.96. The highest BCUT2D eigenvalue weighted by molar-refractivity contribution is 7.85. The van der Waals surface area contributed by atoms with Crippen molar-refractivity contribution in [3.63, 3.8) is 0 Å². The second-order valence-electron chi connectivity index (χ2n) is 3.90. The number of aryl methyl sites for hydroxylation is 1. The van der Waals surface area contributed by atoms with Gasteiger partial charge in [-0.15, -0.1) is 0 Å². The molecule has 0 atom stereocenters. The molecule has 1 N–H and O–H groups in total. The topological polar surface area (TPSA) is 57.6 Å². The van der Waals surface area contributed by atoms with Crippen LogP contribution in [-0.4, -0.2) is 32.3 Å². The van der Waals surface area contributed by atoms with Crippen LogP contribution >= 0.6 is 0 Å². The molecular weight excluding hydrogens is 226 g/mol. The Morgan fingerprint density at radius 1 is 1.25 bits per heavy atom. The number of benzene rings is 1. The van der Waals surface area contributed by atoms with Crippen LogP contribution in [0.2, 0.25) is 0 Å². The van der Waals surface area contributed by atoms with Gasteiger partial charge >= 0.3 is 0 Å². The van der Waals surface area contributed by atoms with Crippen molar-refractivity contribution >= 4 is 15.8 Å². The standard InChI is InChI=1S/C11H17NO3S/c1-10-4-6-11(7-5-10)12(2)8-3-9-16(13,14)15/h4-7H,3,8-9H2,1-2H3,(H,13,14,15). The lowest BCUT2D eigenvalue weighted by molar-refractivity contribution is 0.481. The van der Waals surface area contributed by atoms with E-state index >= 15 is 0 Å². The zero-order valence-corrected chi connectivity index (χ0v) is 10.4. The lowest BCUT2D eigenvalue weighted by Crippen LogP contribution is -2.20. The molecule has 0 bridgehead atoms. The highest BCUT2D eigenvalue weighted by Gasteiger charge is 2.06. The van der Waals surface area contributed by atoms with Crippen molar-refractivity contribution < 1.29 is 13.0 Å². The monoisotopic (exact) mass is 243 g/mol. The van der Waals surface area contributed by atoms with Crippen molar-refractivity contribution in [3.05, 3.63) is 29.8 Å². The second-order valence-corrected chi connectivity index (χ2v) is 5.47. The Labute approximate surface area is 96.6 Å². The van der Waals surface area contributed by atoms with Crippen molar-refractivity contribution in [1.82, 2.24) is 0 Å². The first kappa shape index (κ1) is 13.0. The maximum Gasteiger partial charge on any atom is 0.264 e. The van der Waals surface area contributed by atoms with Gasteiger partial charge in [0.15, 0.2) is 0 Å². The summed E-state index contributed by atoms with van der Waals surface area (Å²) >= 11 is 0. The molecule has 4 nitrogen and oxygen atoms in total. The molecule has 0 amide bonds. The second kappa shape index (κ2) is 5.32. The predicted molar refractivity (Wildman–Crippen MR) is 65.5 cm³/mol. The van der Waals surface area contributed by atoms with Crippen molar-refractivity contribution in [1.29, 1.82) is 0 Å². The Morgan fingerprint density at radius 2 is 1.81 bits per heavy atom. The van der Waals surface area contributed by atoms with E-state index in [0.29, 0.717) is 13.0 Å². The Kier molecular flexibility index (Phi) is 4.32. The third-order valence-electron chi connectivity index (χ3n) is 2.37. The van der Waals surface area contributed by atoms with E-state index in [0.717, 1.165) is 5.69 Å². The first-order chi connectivity index (χ1) is 7.38. The van der Waals surface area contributed by atoms with Crippen LogP contribution in [0.3, 0.4) is 0 Å². The maximum absolute atomic E-state index is 10.5. The van der Waals surface area contributed by atoms with Crippen LogP contribution in [0, 0.1) is 6.92 Å². The average molecular weight is 243 g/mol. The Morgan fingerprint density at radius 3 is 2.31 bits per heavy atom. The minimum absolute atomic E-state index is 0.191. The van der Waals surface area contributed by atoms with Crippen molar-refractivity contribution in [2.75, 3.05) is 24.2 Å². The summed E-state index contributed by atoms with van der Waals surface area (Å²) in [6, 6.07) is 7.99. The highest BCUT2D eigenvalue weighted by Crippen LogP contribution is 2.13. The molecule has 0 radical (unpaired) electrons. The molecule has 0 aliphatic carbocycles. The number of nitrogens with zero attached hydrogens (tertiary/aromatic N) is 1. The van der Waals surface area contributed by atoms with Crippen LogP contribution < -0.4 is 4.90 Å². The van der Waals surface area contributed by atoms with E-state index in [4.69, 9.17) is 4.55 Å². The molecule has 1 aromatic rings. The van der Waals surface area contributed by atoms with E-state index in [1.807, 2.05) is 43.1 Å². The summed E-state index contributed by atoms with van der Waals surface area (Å²) in [6.07, 6.45) is 0.420. The van der Waals surface area contributed by atoms with Gasteiger partial charge in [0, 0.05) is 19.3 Å². The van der Waals surface area contributed by atoms with E-state index in [9.17, 15) is 8.42 Å². The lowest BCUT2D eigenvalue weighted by atomic mass is 10.2. The fraction of sp³-hybridized carbons (Fsp3) is 0.455. The molecule has 0 aliphatic rings. The molecule has 0 fully saturated rings. The third-order valence-corrected chi connectivity index (χ3v) is 3.18. The number of hydrogen-bond acceptors (Lipinski definition) is 3. The van der Waals surface area contributed by atoms with Crippen LogP contribution in [0.15, 0.2) is 24.3 Å². The third kappa shape index (κ3) is 4.63. The molecule has 0 unspecified atom stereocenters. The van der Waals surface area contributed by atoms with Crippen LogP contribution in [-0.2, 0) is 10.1 Å². The summed E-state index contributed by atoms with van der Waals surface area (Å²) < 4.78 is 29.7. The predicted octanol–water partition coefficient (Wildman–Crippen LogP) is 1.71. The molecule has 0 saturated heterocycles. The molecule has 1 aromatic carbocycles. The molecular formula is C11H17NO3S. The van der Waals surface area contributed by atoms with Gasteiger partial charge in [-0.3, -0.25) is 4.55 Å².